The van der Waals surface area contributed by atoms with Crippen LogP contribution < -0.4 is 15.2 Å². The van der Waals surface area contributed by atoms with Crippen LogP contribution in [0.2, 0.25) is 5.02 Å². The molecule has 0 saturated heterocycles. The van der Waals surface area contributed by atoms with Crippen molar-refractivity contribution in [1.82, 2.24) is 0 Å². The summed E-state index contributed by atoms with van der Waals surface area (Å²) in [5, 5.41) is 0.0795. The molecule has 2 N–H and O–H groups in total. The van der Waals surface area contributed by atoms with E-state index in [0.717, 1.165) is 0 Å². The maximum Gasteiger partial charge on any atom is 0.142 e. The third-order valence-corrected chi connectivity index (χ3v) is 3.33. The number of halogens is 2. The van der Waals surface area contributed by atoms with Crippen LogP contribution in [0, 0.1) is 5.82 Å². The molecule has 0 spiro atoms. The van der Waals surface area contributed by atoms with Crippen molar-refractivity contribution in [2.24, 2.45) is 5.73 Å². The number of rotatable bonds is 5. The van der Waals surface area contributed by atoms with Gasteiger partial charge in [0.15, 0.2) is 0 Å². The van der Waals surface area contributed by atoms with E-state index in [4.69, 9.17) is 39.0 Å². The summed E-state index contributed by atoms with van der Waals surface area (Å²) < 4.78 is 24.1. The molecule has 2 rings (SSSR count). The standard InChI is InChI=1S/C15H13ClFNO2S/c1-19-11-5-10(15(18)21)6-12(7-11)20-8-9-2-3-13(16)14(17)4-9/h2-7H,8H2,1H3,(H2,18,21). The topological polar surface area (TPSA) is 44.5 Å². The van der Waals surface area contributed by atoms with Gasteiger partial charge >= 0.3 is 0 Å². The predicted molar refractivity (Wildman–Crippen MR) is 84.6 cm³/mol. The average Bonchev–Trinajstić information content (AvgIpc) is 2.48. The normalized spacial score (nSPS) is 10.2. The van der Waals surface area contributed by atoms with Gasteiger partial charge in [-0.1, -0.05) is 29.9 Å². The van der Waals surface area contributed by atoms with E-state index in [2.05, 4.69) is 0 Å². The van der Waals surface area contributed by atoms with Gasteiger partial charge in [0.25, 0.3) is 0 Å². The molecule has 2 aromatic rings. The molecule has 0 aromatic heterocycles. The minimum atomic E-state index is -0.479. The molecule has 0 aliphatic heterocycles. The molecule has 0 aliphatic carbocycles. The minimum Gasteiger partial charge on any atom is -0.497 e. The molecule has 0 radical (unpaired) electrons. The van der Waals surface area contributed by atoms with Crippen LogP contribution in [0.1, 0.15) is 11.1 Å². The van der Waals surface area contributed by atoms with Gasteiger partial charge in [0, 0.05) is 11.6 Å². The largest absolute Gasteiger partial charge is 0.497 e. The smallest absolute Gasteiger partial charge is 0.142 e. The summed E-state index contributed by atoms with van der Waals surface area (Å²) in [7, 11) is 1.54. The molecule has 0 amide bonds. The first-order valence-corrected chi connectivity index (χ1v) is 6.84. The number of benzene rings is 2. The Hall–Kier alpha value is -1.85. The van der Waals surface area contributed by atoms with Crippen molar-refractivity contribution in [1.29, 1.82) is 0 Å². The predicted octanol–water partition coefficient (Wildman–Crippen LogP) is 3.70. The Morgan fingerprint density at radius 1 is 1.24 bits per heavy atom. The fraction of sp³-hybridized carbons (Fsp3) is 0.133. The highest BCUT2D eigenvalue weighted by atomic mass is 35.5. The Morgan fingerprint density at radius 3 is 2.57 bits per heavy atom. The third kappa shape index (κ3) is 4.06. The first kappa shape index (κ1) is 15.5. The lowest BCUT2D eigenvalue weighted by Gasteiger charge is -2.10. The molecule has 2 aromatic carbocycles. The second kappa shape index (κ2) is 6.74. The SMILES string of the molecule is COc1cc(OCc2ccc(Cl)c(F)c2)cc(C(N)=S)c1. The van der Waals surface area contributed by atoms with E-state index in [0.29, 0.717) is 22.6 Å². The van der Waals surface area contributed by atoms with Crippen molar-refractivity contribution < 1.29 is 13.9 Å². The highest BCUT2D eigenvalue weighted by Gasteiger charge is 2.06. The van der Waals surface area contributed by atoms with Crippen molar-refractivity contribution in [2.45, 2.75) is 6.61 Å². The lowest BCUT2D eigenvalue weighted by molar-refractivity contribution is 0.303. The molecule has 0 fully saturated rings. The van der Waals surface area contributed by atoms with Crippen LogP contribution >= 0.6 is 23.8 Å². The van der Waals surface area contributed by atoms with Gasteiger partial charge in [0.05, 0.1) is 12.1 Å². The first-order valence-electron chi connectivity index (χ1n) is 6.05. The van der Waals surface area contributed by atoms with E-state index in [9.17, 15) is 4.39 Å². The number of nitrogens with two attached hydrogens (primary N) is 1. The summed E-state index contributed by atoms with van der Waals surface area (Å²) in [4.78, 5) is 0.247. The molecular formula is C15H13ClFNO2S. The van der Waals surface area contributed by atoms with Gasteiger partial charge in [-0.15, -0.1) is 0 Å². The fourth-order valence-corrected chi connectivity index (χ4v) is 1.95. The highest BCUT2D eigenvalue weighted by Crippen LogP contribution is 2.24. The zero-order valence-corrected chi connectivity index (χ0v) is 12.8. The Labute approximate surface area is 132 Å². The molecule has 110 valence electrons. The van der Waals surface area contributed by atoms with Crippen LogP contribution in [0.5, 0.6) is 11.5 Å². The van der Waals surface area contributed by atoms with Crippen molar-refractivity contribution in [3.05, 3.63) is 58.4 Å². The minimum absolute atomic E-state index is 0.0795. The van der Waals surface area contributed by atoms with Gasteiger partial charge in [-0.2, -0.15) is 0 Å². The van der Waals surface area contributed by atoms with Crippen molar-refractivity contribution in [2.75, 3.05) is 7.11 Å². The molecule has 0 atom stereocenters. The Kier molecular flexibility index (Phi) is 4.98. The summed E-state index contributed by atoms with van der Waals surface area (Å²) in [5.74, 6) is 0.636. The maximum absolute atomic E-state index is 13.4. The Morgan fingerprint density at radius 2 is 1.95 bits per heavy atom. The highest BCUT2D eigenvalue weighted by molar-refractivity contribution is 7.80. The number of hydrogen-bond donors (Lipinski definition) is 1. The van der Waals surface area contributed by atoms with Gasteiger partial charge in [-0.05, 0) is 29.8 Å². The van der Waals surface area contributed by atoms with Gasteiger partial charge in [0.1, 0.15) is 28.9 Å². The molecular weight excluding hydrogens is 313 g/mol. The van der Waals surface area contributed by atoms with Crippen LogP contribution in [-0.4, -0.2) is 12.1 Å². The van der Waals surface area contributed by atoms with E-state index < -0.39 is 5.82 Å². The zero-order valence-electron chi connectivity index (χ0n) is 11.2. The molecule has 0 heterocycles. The van der Waals surface area contributed by atoms with Crippen LogP contribution in [0.4, 0.5) is 4.39 Å². The molecule has 6 heteroatoms. The Balaban J connectivity index is 2.17. The Bertz CT molecular complexity index is 679. The molecule has 0 aliphatic rings. The second-order valence-corrected chi connectivity index (χ2v) is 5.15. The molecule has 3 nitrogen and oxygen atoms in total. The van der Waals surface area contributed by atoms with Gasteiger partial charge in [0.2, 0.25) is 0 Å². The van der Waals surface area contributed by atoms with Crippen molar-refractivity contribution >= 4 is 28.8 Å². The zero-order chi connectivity index (χ0) is 15.4. The van der Waals surface area contributed by atoms with Crippen LogP contribution in [-0.2, 0) is 6.61 Å². The molecule has 21 heavy (non-hydrogen) atoms. The molecule has 0 saturated carbocycles. The van der Waals surface area contributed by atoms with Gasteiger partial charge in [-0.25, -0.2) is 4.39 Å². The van der Waals surface area contributed by atoms with Crippen LogP contribution in [0.3, 0.4) is 0 Å². The van der Waals surface area contributed by atoms with Crippen molar-refractivity contribution in [3.8, 4) is 11.5 Å². The van der Waals surface area contributed by atoms with E-state index in [-0.39, 0.29) is 16.6 Å². The van der Waals surface area contributed by atoms with E-state index in [1.54, 1.807) is 24.3 Å². The van der Waals surface area contributed by atoms with E-state index >= 15 is 0 Å². The third-order valence-electron chi connectivity index (χ3n) is 2.79. The number of thiocarbonyl (C=S) groups is 1. The first-order chi connectivity index (χ1) is 9.99. The van der Waals surface area contributed by atoms with E-state index in [1.165, 1.54) is 19.2 Å². The lowest BCUT2D eigenvalue weighted by atomic mass is 10.2. The summed E-state index contributed by atoms with van der Waals surface area (Å²) in [6.07, 6.45) is 0. The van der Waals surface area contributed by atoms with Crippen LogP contribution in [0.25, 0.3) is 0 Å². The van der Waals surface area contributed by atoms with E-state index in [1.807, 2.05) is 0 Å². The average molecular weight is 326 g/mol. The summed E-state index contributed by atoms with van der Waals surface area (Å²) in [5.41, 5.74) is 6.91. The molecule has 0 unspecified atom stereocenters. The van der Waals surface area contributed by atoms with Crippen molar-refractivity contribution in [3.63, 3.8) is 0 Å². The fourth-order valence-electron chi connectivity index (χ4n) is 1.71. The lowest BCUT2D eigenvalue weighted by Crippen LogP contribution is -2.09. The second-order valence-electron chi connectivity index (χ2n) is 4.30. The van der Waals surface area contributed by atoms with Crippen LogP contribution in [0.15, 0.2) is 36.4 Å². The van der Waals surface area contributed by atoms with Gasteiger partial charge < -0.3 is 15.2 Å². The monoisotopic (exact) mass is 325 g/mol. The number of methoxy groups -OCH3 is 1. The van der Waals surface area contributed by atoms with Gasteiger partial charge in [-0.3, -0.25) is 0 Å². The number of hydrogen-bond acceptors (Lipinski definition) is 3. The summed E-state index contributed by atoms with van der Waals surface area (Å²) in [6, 6.07) is 9.64. The summed E-state index contributed by atoms with van der Waals surface area (Å²) >= 11 is 10.6. The quantitative estimate of drug-likeness (QED) is 0.851. The maximum atomic E-state index is 13.4. The number of ether oxygens (including phenoxy) is 2. The summed E-state index contributed by atoms with van der Waals surface area (Å²) in [6.45, 7) is 0.192. The molecule has 0 bridgehead atoms.